The van der Waals surface area contributed by atoms with E-state index >= 15 is 0 Å². The fourth-order valence-electron chi connectivity index (χ4n) is 4.38. The Hall–Kier alpha value is -3.15. The highest BCUT2D eigenvalue weighted by molar-refractivity contribution is 6.10. The van der Waals surface area contributed by atoms with E-state index in [1.165, 1.54) is 26.4 Å². The van der Waals surface area contributed by atoms with E-state index in [4.69, 9.17) is 4.74 Å². The molecule has 6 nitrogen and oxygen atoms in total. The van der Waals surface area contributed by atoms with Gasteiger partial charge in [-0.05, 0) is 50.1 Å². The van der Waals surface area contributed by atoms with Gasteiger partial charge in [-0.3, -0.25) is 14.0 Å². The summed E-state index contributed by atoms with van der Waals surface area (Å²) in [6, 6.07) is 11.0. The van der Waals surface area contributed by atoms with Gasteiger partial charge in [0.1, 0.15) is 17.1 Å². The second kappa shape index (κ2) is 8.69. The number of aromatic nitrogens is 2. The van der Waals surface area contributed by atoms with E-state index in [-0.39, 0.29) is 11.7 Å². The summed E-state index contributed by atoms with van der Waals surface area (Å²) < 4.78 is 7.26. The molecule has 1 aliphatic carbocycles. The molecule has 1 fully saturated rings. The Balaban J connectivity index is 1.64. The molecule has 1 aromatic carbocycles. The first-order valence-corrected chi connectivity index (χ1v) is 10.6. The number of carbonyl (C=O) groups is 2. The minimum absolute atomic E-state index is 0.00324. The van der Waals surface area contributed by atoms with Crippen molar-refractivity contribution in [1.29, 1.82) is 0 Å². The lowest BCUT2D eigenvalue weighted by Gasteiger charge is -2.33. The molecule has 0 atom stereocenters. The van der Waals surface area contributed by atoms with Crippen LogP contribution in [0.4, 0.5) is 0 Å². The van der Waals surface area contributed by atoms with Crippen LogP contribution in [0.5, 0.6) is 5.75 Å². The quantitative estimate of drug-likeness (QED) is 0.571. The van der Waals surface area contributed by atoms with Gasteiger partial charge >= 0.3 is 0 Å². The van der Waals surface area contributed by atoms with Gasteiger partial charge in [-0.1, -0.05) is 25.3 Å². The number of rotatable bonds is 6. The van der Waals surface area contributed by atoms with Crippen LogP contribution in [0.15, 0.2) is 48.8 Å². The molecule has 0 spiro atoms. The van der Waals surface area contributed by atoms with Crippen molar-refractivity contribution in [3.05, 3.63) is 65.6 Å². The molecule has 6 heteroatoms. The Morgan fingerprint density at radius 1 is 1.17 bits per heavy atom. The summed E-state index contributed by atoms with van der Waals surface area (Å²) in [5.41, 5.74) is 2.13. The molecule has 3 aromatic rings. The molecule has 30 heavy (non-hydrogen) atoms. The number of imidazole rings is 1. The zero-order valence-corrected chi connectivity index (χ0v) is 17.5. The Kier molecular flexibility index (Phi) is 5.84. The number of methoxy groups -OCH3 is 1. The van der Waals surface area contributed by atoms with Crippen LogP contribution in [-0.2, 0) is 0 Å². The van der Waals surface area contributed by atoms with E-state index < -0.39 is 0 Å². The molecule has 156 valence electrons. The Bertz CT molecular complexity index is 1070. The SMILES string of the molecule is CCN(C(=O)c1ccc(C(=O)c2cnc3ccccn23)c(OC)c1)C1CCCCC1. The third-order valence-corrected chi connectivity index (χ3v) is 5.96. The summed E-state index contributed by atoms with van der Waals surface area (Å²) in [5, 5.41) is 0. The monoisotopic (exact) mass is 405 g/mol. The lowest BCUT2D eigenvalue weighted by Crippen LogP contribution is -2.41. The van der Waals surface area contributed by atoms with Gasteiger partial charge in [0.05, 0.1) is 18.9 Å². The molecular formula is C24H27N3O3. The van der Waals surface area contributed by atoms with Crippen molar-refractivity contribution in [2.24, 2.45) is 0 Å². The average Bonchev–Trinajstić information content (AvgIpc) is 3.23. The van der Waals surface area contributed by atoms with Crippen molar-refractivity contribution in [3.63, 3.8) is 0 Å². The molecule has 0 radical (unpaired) electrons. The molecular weight excluding hydrogens is 378 g/mol. The lowest BCUT2D eigenvalue weighted by atomic mass is 9.93. The van der Waals surface area contributed by atoms with Crippen molar-refractivity contribution in [2.75, 3.05) is 13.7 Å². The third kappa shape index (κ3) is 3.70. The molecule has 2 heterocycles. The van der Waals surface area contributed by atoms with Crippen LogP contribution in [-0.4, -0.2) is 45.7 Å². The first-order valence-electron chi connectivity index (χ1n) is 10.6. The maximum atomic E-state index is 13.2. The van der Waals surface area contributed by atoms with E-state index in [2.05, 4.69) is 4.98 Å². The second-order valence-corrected chi connectivity index (χ2v) is 7.70. The molecule has 0 saturated heterocycles. The van der Waals surface area contributed by atoms with Gasteiger partial charge in [-0.25, -0.2) is 4.98 Å². The number of hydrogen-bond acceptors (Lipinski definition) is 4. The van der Waals surface area contributed by atoms with Crippen molar-refractivity contribution in [3.8, 4) is 5.75 Å². The second-order valence-electron chi connectivity index (χ2n) is 7.70. The summed E-state index contributed by atoms with van der Waals surface area (Å²) in [7, 11) is 1.52. The van der Waals surface area contributed by atoms with Gasteiger partial charge in [0.25, 0.3) is 5.91 Å². The highest BCUT2D eigenvalue weighted by Gasteiger charge is 2.26. The summed E-state index contributed by atoms with van der Waals surface area (Å²) in [4.78, 5) is 32.6. The normalized spacial score (nSPS) is 14.6. The van der Waals surface area contributed by atoms with Crippen LogP contribution in [0, 0.1) is 0 Å². The summed E-state index contributed by atoms with van der Waals surface area (Å²) >= 11 is 0. The van der Waals surface area contributed by atoms with Crippen molar-refractivity contribution in [1.82, 2.24) is 14.3 Å². The van der Waals surface area contributed by atoms with Gasteiger partial charge in [0.2, 0.25) is 5.78 Å². The highest BCUT2D eigenvalue weighted by atomic mass is 16.5. The summed E-state index contributed by atoms with van der Waals surface area (Å²) in [6.07, 6.45) is 9.08. The number of fused-ring (bicyclic) bond motifs is 1. The van der Waals surface area contributed by atoms with Crippen LogP contribution in [0.25, 0.3) is 5.65 Å². The van der Waals surface area contributed by atoms with Crippen LogP contribution in [0.1, 0.15) is 65.4 Å². The number of benzene rings is 1. The zero-order valence-electron chi connectivity index (χ0n) is 17.5. The zero-order chi connectivity index (χ0) is 21.1. The highest BCUT2D eigenvalue weighted by Crippen LogP contribution is 2.27. The molecule has 0 aliphatic heterocycles. The average molecular weight is 405 g/mol. The van der Waals surface area contributed by atoms with E-state index in [0.717, 1.165) is 12.8 Å². The van der Waals surface area contributed by atoms with E-state index in [9.17, 15) is 9.59 Å². The van der Waals surface area contributed by atoms with Crippen LogP contribution in [0.3, 0.4) is 0 Å². The van der Waals surface area contributed by atoms with E-state index in [0.29, 0.717) is 40.8 Å². The smallest absolute Gasteiger partial charge is 0.254 e. The number of pyridine rings is 1. The molecule has 0 bridgehead atoms. The van der Waals surface area contributed by atoms with Crippen LogP contribution in [0.2, 0.25) is 0 Å². The topological polar surface area (TPSA) is 63.9 Å². The fourth-order valence-corrected chi connectivity index (χ4v) is 4.38. The van der Waals surface area contributed by atoms with Crippen molar-refractivity contribution in [2.45, 2.75) is 45.1 Å². The van der Waals surface area contributed by atoms with Gasteiger partial charge < -0.3 is 9.64 Å². The first-order chi connectivity index (χ1) is 14.6. The lowest BCUT2D eigenvalue weighted by molar-refractivity contribution is 0.0647. The largest absolute Gasteiger partial charge is 0.496 e. The number of ether oxygens (including phenoxy) is 1. The maximum Gasteiger partial charge on any atom is 0.254 e. The number of carbonyl (C=O) groups excluding carboxylic acids is 2. The Morgan fingerprint density at radius 3 is 2.70 bits per heavy atom. The molecule has 4 rings (SSSR count). The van der Waals surface area contributed by atoms with Gasteiger partial charge in [-0.2, -0.15) is 0 Å². The molecule has 0 unspecified atom stereocenters. The van der Waals surface area contributed by atoms with Crippen molar-refractivity contribution < 1.29 is 14.3 Å². The minimum atomic E-state index is -0.191. The standard InChI is InChI=1S/C24H27N3O3/c1-3-26(18-9-5-4-6-10-18)24(29)17-12-13-19(21(15-17)30-2)23(28)20-16-25-22-11-7-8-14-27(20)22/h7-8,11-16,18H,3-6,9-10H2,1-2H3. The van der Waals surface area contributed by atoms with Gasteiger partial charge in [0.15, 0.2) is 0 Å². The molecule has 1 aliphatic rings. The number of hydrogen-bond donors (Lipinski definition) is 0. The van der Waals surface area contributed by atoms with Gasteiger partial charge in [0, 0.05) is 24.3 Å². The fraction of sp³-hybridized carbons (Fsp3) is 0.375. The first kappa shape index (κ1) is 20.1. The van der Waals surface area contributed by atoms with Crippen molar-refractivity contribution >= 4 is 17.3 Å². The minimum Gasteiger partial charge on any atom is -0.496 e. The Morgan fingerprint density at radius 2 is 1.97 bits per heavy atom. The van der Waals surface area contributed by atoms with Crippen LogP contribution < -0.4 is 4.74 Å². The van der Waals surface area contributed by atoms with Crippen LogP contribution >= 0.6 is 0 Å². The molecule has 0 N–H and O–H groups in total. The van der Waals surface area contributed by atoms with Gasteiger partial charge in [-0.15, -0.1) is 0 Å². The molecule has 1 saturated carbocycles. The summed E-state index contributed by atoms with van der Waals surface area (Å²) in [5.74, 6) is 0.206. The predicted octanol–water partition coefficient (Wildman–Crippen LogP) is 4.37. The predicted molar refractivity (Wildman–Crippen MR) is 115 cm³/mol. The van der Waals surface area contributed by atoms with E-state index in [1.807, 2.05) is 36.2 Å². The number of nitrogens with zero attached hydrogens (tertiary/aromatic N) is 3. The Labute approximate surface area is 176 Å². The maximum absolute atomic E-state index is 13.2. The summed E-state index contributed by atoms with van der Waals surface area (Å²) in [6.45, 7) is 2.70. The molecule has 1 amide bonds. The van der Waals surface area contributed by atoms with E-state index in [1.54, 1.807) is 28.8 Å². The third-order valence-electron chi connectivity index (χ3n) is 5.96. The molecule has 2 aromatic heterocycles. The number of amides is 1. The number of ketones is 1.